The van der Waals surface area contributed by atoms with Gasteiger partial charge in [-0.15, -0.1) is 0 Å². The van der Waals surface area contributed by atoms with Gasteiger partial charge in [0.25, 0.3) is 0 Å². The molecular weight excluding hydrogens is 356 g/mol. The van der Waals surface area contributed by atoms with Gasteiger partial charge in [-0.1, -0.05) is 5.16 Å². The molecule has 2 saturated heterocycles. The van der Waals surface area contributed by atoms with Crippen molar-refractivity contribution in [3.8, 4) is 11.4 Å². The Balaban J connectivity index is 1.65. The summed E-state index contributed by atoms with van der Waals surface area (Å²) in [6.07, 6.45) is 2.07. The van der Waals surface area contributed by atoms with Crippen LogP contribution < -0.4 is 16.0 Å². The van der Waals surface area contributed by atoms with E-state index in [1.807, 2.05) is 24.3 Å². The highest BCUT2D eigenvalue weighted by molar-refractivity contribution is 5.88. The Kier molecular flexibility index (Phi) is 4.58. The van der Waals surface area contributed by atoms with Crippen molar-refractivity contribution in [2.75, 3.05) is 50.0 Å². The average Bonchev–Trinajstić information content (AvgIpc) is 3.19. The molecule has 0 unspecified atom stereocenters. The molecule has 2 aliphatic rings. The molecular formula is C20H24N6O2. The van der Waals surface area contributed by atoms with E-state index in [1.165, 1.54) is 0 Å². The number of nitrogens with one attached hydrogen (secondary N) is 1. The van der Waals surface area contributed by atoms with E-state index in [4.69, 9.17) is 25.0 Å². The third kappa shape index (κ3) is 3.18. The van der Waals surface area contributed by atoms with Crippen LogP contribution in [0.3, 0.4) is 0 Å². The summed E-state index contributed by atoms with van der Waals surface area (Å²) >= 11 is 0. The van der Waals surface area contributed by atoms with Gasteiger partial charge in [-0.05, 0) is 50.2 Å². The molecule has 0 atom stereocenters. The van der Waals surface area contributed by atoms with Crippen LogP contribution in [0.25, 0.3) is 22.5 Å². The molecule has 8 heteroatoms. The zero-order chi connectivity index (χ0) is 18.9. The van der Waals surface area contributed by atoms with Crippen molar-refractivity contribution in [2.24, 2.45) is 0 Å². The SMILES string of the molecule is Nc1ccc(-c2nc(N3CCOCC3)c3onc(C4CCNCC4)c3n2)cc1. The maximum atomic E-state index is 5.85. The summed E-state index contributed by atoms with van der Waals surface area (Å²) < 4.78 is 11.3. The lowest BCUT2D eigenvalue weighted by Crippen LogP contribution is -2.37. The lowest BCUT2D eigenvalue weighted by atomic mass is 9.94. The first-order valence-electron chi connectivity index (χ1n) is 9.86. The number of hydrogen-bond acceptors (Lipinski definition) is 8. The summed E-state index contributed by atoms with van der Waals surface area (Å²) in [6.45, 7) is 4.89. The van der Waals surface area contributed by atoms with E-state index in [0.29, 0.717) is 30.5 Å². The number of piperidine rings is 1. The van der Waals surface area contributed by atoms with Gasteiger partial charge in [0.2, 0.25) is 5.58 Å². The van der Waals surface area contributed by atoms with Gasteiger partial charge < -0.3 is 25.2 Å². The van der Waals surface area contributed by atoms with Crippen LogP contribution in [-0.2, 0) is 4.74 Å². The first-order valence-corrected chi connectivity index (χ1v) is 9.86. The van der Waals surface area contributed by atoms with E-state index in [-0.39, 0.29) is 0 Å². The highest BCUT2D eigenvalue weighted by atomic mass is 16.5. The molecule has 0 amide bonds. The van der Waals surface area contributed by atoms with Gasteiger partial charge >= 0.3 is 0 Å². The van der Waals surface area contributed by atoms with E-state index < -0.39 is 0 Å². The average molecular weight is 380 g/mol. The largest absolute Gasteiger partial charge is 0.399 e. The minimum Gasteiger partial charge on any atom is -0.399 e. The van der Waals surface area contributed by atoms with Crippen LogP contribution in [0.2, 0.25) is 0 Å². The summed E-state index contributed by atoms with van der Waals surface area (Å²) in [5.41, 5.74) is 9.96. The molecule has 3 N–H and O–H groups in total. The zero-order valence-corrected chi connectivity index (χ0v) is 15.7. The molecule has 4 heterocycles. The Morgan fingerprint density at radius 1 is 1.04 bits per heavy atom. The first-order chi connectivity index (χ1) is 13.8. The molecule has 2 fully saturated rings. The fraction of sp³-hybridized carbons (Fsp3) is 0.450. The van der Waals surface area contributed by atoms with Crippen LogP contribution >= 0.6 is 0 Å². The molecule has 1 aromatic carbocycles. The van der Waals surface area contributed by atoms with Gasteiger partial charge in [0, 0.05) is 30.3 Å². The molecule has 0 saturated carbocycles. The normalized spacial score (nSPS) is 18.6. The lowest BCUT2D eigenvalue weighted by molar-refractivity contribution is 0.122. The number of morpholine rings is 1. The second kappa shape index (κ2) is 7.37. The van der Waals surface area contributed by atoms with Crippen molar-refractivity contribution in [1.82, 2.24) is 20.4 Å². The lowest BCUT2D eigenvalue weighted by Gasteiger charge is -2.27. The third-order valence-electron chi connectivity index (χ3n) is 5.53. The molecule has 2 aliphatic heterocycles. The van der Waals surface area contributed by atoms with Gasteiger partial charge in [0.15, 0.2) is 11.6 Å². The molecule has 0 radical (unpaired) electrons. The number of nitrogens with two attached hydrogens (primary N) is 1. The molecule has 0 bridgehead atoms. The smallest absolute Gasteiger partial charge is 0.227 e. The number of ether oxygens (including phenoxy) is 1. The minimum absolute atomic E-state index is 0.356. The molecule has 8 nitrogen and oxygen atoms in total. The second-order valence-electron chi connectivity index (χ2n) is 7.36. The Labute approximate surface area is 163 Å². The standard InChI is InChI=1S/C20H24N6O2/c21-15-3-1-14(2-4-15)19-23-17-16(13-5-7-22-8-6-13)25-28-18(17)20(24-19)26-9-11-27-12-10-26/h1-4,13,22H,5-12,21H2. The van der Waals surface area contributed by atoms with Crippen molar-refractivity contribution in [3.63, 3.8) is 0 Å². The molecule has 2 aromatic heterocycles. The zero-order valence-electron chi connectivity index (χ0n) is 15.7. The van der Waals surface area contributed by atoms with Crippen molar-refractivity contribution in [2.45, 2.75) is 18.8 Å². The van der Waals surface area contributed by atoms with Gasteiger partial charge in [-0.3, -0.25) is 0 Å². The van der Waals surface area contributed by atoms with Crippen LogP contribution in [0.15, 0.2) is 28.8 Å². The number of benzene rings is 1. The van der Waals surface area contributed by atoms with Crippen LogP contribution in [-0.4, -0.2) is 54.5 Å². The predicted octanol–water partition coefficient (Wildman–Crippen LogP) is 2.17. The van der Waals surface area contributed by atoms with Crippen molar-refractivity contribution in [1.29, 1.82) is 0 Å². The predicted molar refractivity (Wildman–Crippen MR) is 107 cm³/mol. The molecule has 0 aliphatic carbocycles. The van der Waals surface area contributed by atoms with Crippen molar-refractivity contribution < 1.29 is 9.26 Å². The molecule has 3 aromatic rings. The summed E-state index contributed by atoms with van der Waals surface area (Å²) in [4.78, 5) is 11.9. The van der Waals surface area contributed by atoms with Crippen LogP contribution in [0, 0.1) is 0 Å². The number of fused-ring (bicyclic) bond motifs is 1. The molecule has 0 spiro atoms. The summed E-state index contributed by atoms with van der Waals surface area (Å²) in [7, 11) is 0. The summed E-state index contributed by atoms with van der Waals surface area (Å²) in [5, 5.41) is 7.85. The summed E-state index contributed by atoms with van der Waals surface area (Å²) in [6, 6.07) is 7.66. The number of rotatable bonds is 3. The van der Waals surface area contributed by atoms with Gasteiger partial charge in [0.05, 0.1) is 13.2 Å². The van der Waals surface area contributed by atoms with E-state index in [2.05, 4.69) is 15.4 Å². The number of aromatic nitrogens is 3. The number of anilines is 2. The fourth-order valence-electron chi connectivity index (χ4n) is 3.95. The van der Waals surface area contributed by atoms with Gasteiger partial charge in [-0.25, -0.2) is 9.97 Å². The van der Waals surface area contributed by atoms with Gasteiger partial charge in [0.1, 0.15) is 11.2 Å². The Hall–Kier alpha value is -2.71. The van der Waals surface area contributed by atoms with E-state index in [9.17, 15) is 0 Å². The quantitative estimate of drug-likeness (QED) is 0.667. The molecule has 5 rings (SSSR count). The van der Waals surface area contributed by atoms with Crippen molar-refractivity contribution in [3.05, 3.63) is 30.0 Å². The first kappa shape index (κ1) is 17.4. The monoisotopic (exact) mass is 380 g/mol. The number of nitrogen functional groups attached to an aromatic ring is 1. The second-order valence-corrected chi connectivity index (χ2v) is 7.36. The third-order valence-corrected chi connectivity index (χ3v) is 5.53. The van der Waals surface area contributed by atoms with Crippen LogP contribution in [0.1, 0.15) is 24.5 Å². The number of hydrogen-bond donors (Lipinski definition) is 2. The fourth-order valence-corrected chi connectivity index (χ4v) is 3.95. The minimum atomic E-state index is 0.356. The van der Waals surface area contributed by atoms with E-state index in [1.54, 1.807) is 0 Å². The molecule has 28 heavy (non-hydrogen) atoms. The van der Waals surface area contributed by atoms with E-state index >= 15 is 0 Å². The van der Waals surface area contributed by atoms with Crippen LogP contribution in [0.5, 0.6) is 0 Å². The Morgan fingerprint density at radius 3 is 2.54 bits per heavy atom. The highest BCUT2D eigenvalue weighted by Crippen LogP contribution is 2.35. The maximum absolute atomic E-state index is 5.85. The Bertz CT molecular complexity index is 959. The Morgan fingerprint density at radius 2 is 1.79 bits per heavy atom. The highest BCUT2D eigenvalue weighted by Gasteiger charge is 2.27. The van der Waals surface area contributed by atoms with Gasteiger partial charge in [-0.2, -0.15) is 0 Å². The molecule has 146 valence electrons. The van der Waals surface area contributed by atoms with Crippen molar-refractivity contribution >= 4 is 22.6 Å². The number of nitrogens with zero attached hydrogens (tertiary/aromatic N) is 4. The maximum Gasteiger partial charge on any atom is 0.227 e. The van der Waals surface area contributed by atoms with E-state index in [0.717, 1.165) is 67.3 Å². The summed E-state index contributed by atoms with van der Waals surface area (Å²) in [5.74, 6) is 1.83. The topological polar surface area (TPSA) is 102 Å². The van der Waals surface area contributed by atoms with Crippen LogP contribution in [0.4, 0.5) is 11.5 Å².